The molecule has 2 heterocycles. The fourth-order valence-corrected chi connectivity index (χ4v) is 4.82. The zero-order chi connectivity index (χ0) is 22.8. The SMILES string of the molecule is CC1=C(C(=O)Nc2ccc(Cl)cc2)[C@H](C(C)C)n2nc(SCc3ccccc3C)nc2N1. The zero-order valence-electron chi connectivity index (χ0n) is 18.5. The summed E-state index contributed by atoms with van der Waals surface area (Å²) in [5, 5.41) is 12.3. The number of carbonyl (C=O) groups is 1. The quantitative estimate of drug-likeness (QED) is 0.430. The topological polar surface area (TPSA) is 71.8 Å². The van der Waals surface area contributed by atoms with Crippen LogP contribution in [0.25, 0.3) is 0 Å². The first-order valence-electron chi connectivity index (χ1n) is 10.5. The van der Waals surface area contributed by atoms with E-state index in [4.69, 9.17) is 16.7 Å². The average molecular weight is 468 g/mol. The van der Waals surface area contributed by atoms with Crippen LogP contribution >= 0.6 is 23.4 Å². The number of allylic oxidation sites excluding steroid dienone is 1. The molecule has 2 N–H and O–H groups in total. The van der Waals surface area contributed by atoms with Gasteiger partial charge in [-0.25, -0.2) is 4.68 Å². The fourth-order valence-electron chi connectivity index (χ4n) is 3.79. The lowest BCUT2D eigenvalue weighted by atomic mass is 9.92. The van der Waals surface area contributed by atoms with Crippen molar-refractivity contribution in [1.29, 1.82) is 0 Å². The maximum Gasteiger partial charge on any atom is 0.255 e. The standard InChI is InChI=1S/C24H26ClN5OS/c1-14(2)21-20(22(31)27-19-11-9-18(25)10-12-19)16(4)26-23-28-24(29-30(21)23)32-13-17-8-6-5-7-15(17)3/h5-12,14,21H,13H2,1-4H3,(H,27,31)(H,26,28,29)/t21-/m0/s1. The number of hydrogen-bond acceptors (Lipinski definition) is 5. The summed E-state index contributed by atoms with van der Waals surface area (Å²) in [6, 6.07) is 15.2. The first-order valence-corrected chi connectivity index (χ1v) is 11.9. The van der Waals surface area contributed by atoms with Gasteiger partial charge in [-0.2, -0.15) is 4.98 Å². The lowest BCUT2D eigenvalue weighted by Crippen LogP contribution is -2.33. The molecule has 0 saturated heterocycles. The Labute approximate surface area is 197 Å². The van der Waals surface area contributed by atoms with Gasteiger partial charge in [0.15, 0.2) is 0 Å². The first-order chi connectivity index (χ1) is 15.3. The first kappa shape index (κ1) is 22.4. The number of fused-ring (bicyclic) bond motifs is 1. The number of aryl methyl sites for hydroxylation is 1. The molecule has 0 aliphatic carbocycles. The second-order valence-electron chi connectivity index (χ2n) is 8.19. The number of anilines is 2. The van der Waals surface area contributed by atoms with Gasteiger partial charge in [0.25, 0.3) is 5.91 Å². The summed E-state index contributed by atoms with van der Waals surface area (Å²) in [5.41, 5.74) is 4.64. The minimum Gasteiger partial charge on any atom is -0.328 e. The van der Waals surface area contributed by atoms with Crippen molar-refractivity contribution >= 4 is 40.9 Å². The fraction of sp³-hybridized carbons (Fsp3) is 0.292. The van der Waals surface area contributed by atoms with Crippen LogP contribution < -0.4 is 10.6 Å². The van der Waals surface area contributed by atoms with E-state index in [9.17, 15) is 4.79 Å². The normalized spacial score (nSPS) is 15.5. The highest BCUT2D eigenvalue weighted by molar-refractivity contribution is 7.98. The van der Waals surface area contributed by atoms with Gasteiger partial charge in [-0.1, -0.05) is 61.5 Å². The smallest absolute Gasteiger partial charge is 0.255 e. The van der Waals surface area contributed by atoms with Crippen LogP contribution in [0.1, 0.15) is 37.9 Å². The van der Waals surface area contributed by atoms with Crippen molar-refractivity contribution in [2.24, 2.45) is 5.92 Å². The lowest BCUT2D eigenvalue weighted by molar-refractivity contribution is -0.113. The molecule has 0 unspecified atom stereocenters. The minimum absolute atomic E-state index is 0.146. The van der Waals surface area contributed by atoms with Crippen molar-refractivity contribution in [3.8, 4) is 0 Å². The summed E-state index contributed by atoms with van der Waals surface area (Å²) in [7, 11) is 0. The molecule has 8 heteroatoms. The Hall–Kier alpha value is -2.77. The molecule has 32 heavy (non-hydrogen) atoms. The predicted molar refractivity (Wildman–Crippen MR) is 131 cm³/mol. The Morgan fingerprint density at radius 1 is 1.19 bits per heavy atom. The average Bonchev–Trinajstić information content (AvgIpc) is 3.15. The molecule has 2 aromatic carbocycles. The number of nitrogens with one attached hydrogen (secondary N) is 2. The maximum atomic E-state index is 13.2. The van der Waals surface area contributed by atoms with Gasteiger partial charge in [0.2, 0.25) is 11.1 Å². The van der Waals surface area contributed by atoms with E-state index in [1.165, 1.54) is 11.1 Å². The van der Waals surface area contributed by atoms with Crippen LogP contribution in [0.15, 0.2) is 65.0 Å². The van der Waals surface area contributed by atoms with Gasteiger partial charge in [0, 0.05) is 22.2 Å². The van der Waals surface area contributed by atoms with Gasteiger partial charge in [-0.15, -0.1) is 5.10 Å². The number of halogens is 1. The molecule has 0 radical (unpaired) electrons. The van der Waals surface area contributed by atoms with Gasteiger partial charge < -0.3 is 10.6 Å². The van der Waals surface area contributed by atoms with Crippen LogP contribution in [0, 0.1) is 12.8 Å². The van der Waals surface area contributed by atoms with E-state index in [0.29, 0.717) is 27.4 Å². The summed E-state index contributed by atoms with van der Waals surface area (Å²) in [6.07, 6.45) is 0. The van der Waals surface area contributed by atoms with Crippen molar-refractivity contribution in [2.45, 2.75) is 44.6 Å². The molecule has 1 amide bonds. The Morgan fingerprint density at radius 3 is 2.59 bits per heavy atom. The Balaban J connectivity index is 1.57. The highest BCUT2D eigenvalue weighted by Gasteiger charge is 2.35. The molecule has 166 valence electrons. The van der Waals surface area contributed by atoms with Crippen LogP contribution in [-0.4, -0.2) is 20.7 Å². The Morgan fingerprint density at radius 2 is 1.91 bits per heavy atom. The molecule has 0 saturated carbocycles. The van der Waals surface area contributed by atoms with Gasteiger partial charge in [-0.05, 0) is 55.2 Å². The minimum atomic E-state index is -0.223. The summed E-state index contributed by atoms with van der Waals surface area (Å²) < 4.78 is 1.84. The molecule has 6 nitrogen and oxygen atoms in total. The van der Waals surface area contributed by atoms with E-state index in [2.05, 4.69) is 48.5 Å². The number of carbonyl (C=O) groups excluding carboxylic acids is 1. The van der Waals surface area contributed by atoms with Gasteiger partial charge in [0.1, 0.15) is 0 Å². The molecule has 0 spiro atoms. The third kappa shape index (κ3) is 4.69. The molecular weight excluding hydrogens is 442 g/mol. The molecule has 4 rings (SSSR count). The molecule has 1 aliphatic heterocycles. The van der Waals surface area contributed by atoms with E-state index < -0.39 is 0 Å². The highest BCUT2D eigenvalue weighted by atomic mass is 35.5. The monoisotopic (exact) mass is 467 g/mol. The van der Waals surface area contributed by atoms with Crippen LogP contribution in [0.3, 0.4) is 0 Å². The molecule has 1 atom stereocenters. The summed E-state index contributed by atoms with van der Waals surface area (Å²) in [4.78, 5) is 17.9. The van der Waals surface area contributed by atoms with Crippen molar-refractivity contribution in [3.05, 3.63) is 76.0 Å². The number of hydrogen-bond donors (Lipinski definition) is 2. The van der Waals surface area contributed by atoms with Crippen LogP contribution in [0.4, 0.5) is 11.6 Å². The number of rotatable bonds is 6. The number of amides is 1. The lowest BCUT2D eigenvalue weighted by Gasteiger charge is -2.30. The molecule has 1 aromatic heterocycles. The molecular formula is C24H26ClN5OS. The Kier molecular flexibility index (Phi) is 6.58. The van der Waals surface area contributed by atoms with E-state index in [1.807, 2.05) is 23.7 Å². The molecule has 1 aliphatic rings. The van der Waals surface area contributed by atoms with Crippen molar-refractivity contribution in [1.82, 2.24) is 14.8 Å². The third-order valence-corrected chi connectivity index (χ3v) is 6.61. The highest BCUT2D eigenvalue weighted by Crippen LogP contribution is 2.37. The number of aromatic nitrogens is 3. The number of benzene rings is 2. The second kappa shape index (κ2) is 9.38. The van der Waals surface area contributed by atoms with Crippen molar-refractivity contribution in [3.63, 3.8) is 0 Å². The zero-order valence-corrected chi connectivity index (χ0v) is 20.1. The van der Waals surface area contributed by atoms with Crippen LogP contribution in [0.2, 0.25) is 5.02 Å². The number of nitrogens with zero attached hydrogens (tertiary/aromatic N) is 3. The van der Waals surface area contributed by atoms with E-state index in [-0.39, 0.29) is 17.9 Å². The van der Waals surface area contributed by atoms with Crippen molar-refractivity contribution in [2.75, 3.05) is 10.6 Å². The van der Waals surface area contributed by atoms with Gasteiger partial charge >= 0.3 is 0 Å². The van der Waals surface area contributed by atoms with E-state index in [1.54, 1.807) is 36.0 Å². The second-order valence-corrected chi connectivity index (χ2v) is 9.57. The molecule has 3 aromatic rings. The predicted octanol–water partition coefficient (Wildman–Crippen LogP) is 6.07. The number of thioether (sulfide) groups is 1. The molecule has 0 bridgehead atoms. The van der Waals surface area contributed by atoms with Gasteiger partial charge in [-0.3, -0.25) is 4.79 Å². The molecule has 0 fully saturated rings. The van der Waals surface area contributed by atoms with Crippen LogP contribution in [0.5, 0.6) is 0 Å². The summed E-state index contributed by atoms with van der Waals surface area (Å²) in [6.45, 7) is 8.19. The van der Waals surface area contributed by atoms with Crippen LogP contribution in [-0.2, 0) is 10.5 Å². The Bertz CT molecular complexity index is 1170. The van der Waals surface area contributed by atoms with E-state index in [0.717, 1.165) is 11.4 Å². The summed E-state index contributed by atoms with van der Waals surface area (Å²) in [5.74, 6) is 1.44. The van der Waals surface area contributed by atoms with Gasteiger partial charge in [0.05, 0.1) is 11.6 Å². The van der Waals surface area contributed by atoms with E-state index >= 15 is 0 Å². The largest absolute Gasteiger partial charge is 0.328 e. The third-order valence-electron chi connectivity index (χ3n) is 5.47. The summed E-state index contributed by atoms with van der Waals surface area (Å²) >= 11 is 7.56. The van der Waals surface area contributed by atoms with Crippen molar-refractivity contribution < 1.29 is 4.79 Å². The maximum absolute atomic E-state index is 13.2.